The molecule has 0 aromatic rings. The topological polar surface area (TPSA) is 162 Å². The zero-order valence-corrected chi connectivity index (χ0v) is 35.0. The summed E-state index contributed by atoms with van der Waals surface area (Å²) in [5, 5.41) is 22.5. The van der Waals surface area contributed by atoms with Crippen molar-refractivity contribution in [3.05, 3.63) is 35.1 Å². The summed E-state index contributed by atoms with van der Waals surface area (Å²) < 4.78 is 30.1. The number of carbonyl (C=O) groups is 3. The maximum absolute atomic E-state index is 14.4. The van der Waals surface area contributed by atoms with Crippen LogP contribution >= 0.6 is 0 Å². The Balaban J connectivity index is 1.54. The van der Waals surface area contributed by atoms with Crippen LogP contribution < -0.4 is 5.48 Å². The van der Waals surface area contributed by atoms with Gasteiger partial charge in [0.25, 0.3) is 11.7 Å². The van der Waals surface area contributed by atoms with Crippen molar-refractivity contribution in [3.8, 4) is 0 Å². The number of nitrogens with zero attached hydrogens (tertiary/aromatic N) is 1. The number of aliphatic hydroxyl groups excluding tert-OH is 1. The Morgan fingerprint density at radius 1 is 0.982 bits per heavy atom. The fraction of sp³-hybridized carbons (Fsp3) is 0.791. The molecule has 316 valence electrons. The first-order valence-electron chi connectivity index (χ1n) is 20.9. The van der Waals surface area contributed by atoms with E-state index in [0.29, 0.717) is 38.5 Å². The van der Waals surface area contributed by atoms with Crippen molar-refractivity contribution >= 4 is 17.7 Å². The highest BCUT2D eigenvalue weighted by atomic mass is 16.7. The SMILES string of the molecule is CCC1C=C(C)CC(C)CC(OC)C2OC(O)(C(=O)C(=O)N3CCCCC3C(=O)OC(C(C)=CC3CCC(O)C(OC)C3)C(C)[C@H]3C=C1NO3)C(C)CC2OC. The molecular weight excluding hydrogens is 720 g/mol. The number of amides is 1. The van der Waals surface area contributed by atoms with E-state index in [0.717, 1.165) is 30.5 Å². The van der Waals surface area contributed by atoms with E-state index in [9.17, 15) is 24.6 Å². The van der Waals surface area contributed by atoms with Gasteiger partial charge in [0.05, 0.1) is 24.4 Å². The second kappa shape index (κ2) is 19.4. The van der Waals surface area contributed by atoms with E-state index in [1.54, 1.807) is 28.3 Å². The molecule has 4 bridgehead atoms. The third-order valence-electron chi connectivity index (χ3n) is 13.0. The molecule has 1 aliphatic carbocycles. The minimum absolute atomic E-state index is 0.0628. The molecule has 56 heavy (non-hydrogen) atoms. The molecule has 3 N–H and O–H groups in total. The third-order valence-corrected chi connectivity index (χ3v) is 13.0. The van der Waals surface area contributed by atoms with Gasteiger partial charge in [0.15, 0.2) is 0 Å². The van der Waals surface area contributed by atoms with Crippen LogP contribution in [0, 0.1) is 29.6 Å². The molecule has 0 aromatic heterocycles. The zero-order valence-electron chi connectivity index (χ0n) is 35.0. The predicted octanol–water partition coefficient (Wildman–Crippen LogP) is 4.94. The minimum Gasteiger partial charge on any atom is -0.456 e. The second-order valence-electron chi connectivity index (χ2n) is 17.2. The number of piperidine rings is 1. The lowest BCUT2D eigenvalue weighted by molar-refractivity contribution is -0.302. The molecule has 2 saturated heterocycles. The van der Waals surface area contributed by atoms with Crippen LogP contribution in [0.2, 0.25) is 0 Å². The van der Waals surface area contributed by atoms with Crippen LogP contribution in [-0.4, -0.2) is 115 Å². The first kappa shape index (κ1) is 44.5. The molecule has 0 spiro atoms. The largest absolute Gasteiger partial charge is 0.456 e. The van der Waals surface area contributed by atoms with Gasteiger partial charge in [-0.25, -0.2) is 4.79 Å². The Hall–Kier alpha value is -2.65. The molecule has 5 rings (SSSR count). The quantitative estimate of drug-likeness (QED) is 0.189. The molecule has 13 unspecified atom stereocenters. The van der Waals surface area contributed by atoms with Gasteiger partial charge in [0, 0.05) is 51.3 Å². The van der Waals surface area contributed by atoms with Crippen molar-refractivity contribution < 1.29 is 53.1 Å². The Labute approximate surface area is 333 Å². The minimum atomic E-state index is -2.45. The number of methoxy groups -OCH3 is 3. The first-order chi connectivity index (χ1) is 26.6. The number of fused-ring (bicyclic) bond motifs is 4. The molecule has 4 aliphatic heterocycles. The number of nitrogens with one attached hydrogen (secondary N) is 1. The molecule has 3 fully saturated rings. The number of hydroxylamine groups is 1. The highest BCUT2D eigenvalue weighted by Crippen LogP contribution is 2.39. The highest BCUT2D eigenvalue weighted by Gasteiger charge is 2.56. The van der Waals surface area contributed by atoms with Crippen LogP contribution in [0.3, 0.4) is 0 Å². The van der Waals surface area contributed by atoms with E-state index >= 15 is 0 Å². The van der Waals surface area contributed by atoms with E-state index in [4.69, 9.17) is 28.5 Å². The van der Waals surface area contributed by atoms with Gasteiger partial charge in [-0.05, 0) is 102 Å². The van der Waals surface area contributed by atoms with Crippen LogP contribution in [0.4, 0.5) is 0 Å². The summed E-state index contributed by atoms with van der Waals surface area (Å²) in [4.78, 5) is 50.4. The van der Waals surface area contributed by atoms with E-state index in [1.165, 1.54) is 10.5 Å². The zero-order chi connectivity index (χ0) is 40.9. The molecule has 0 aromatic carbocycles. The lowest BCUT2D eigenvalue weighted by Crippen LogP contribution is -2.64. The number of allylic oxidation sites excluding steroid dienone is 3. The van der Waals surface area contributed by atoms with Crippen LogP contribution in [0.5, 0.6) is 0 Å². The maximum atomic E-state index is 14.4. The van der Waals surface area contributed by atoms with Gasteiger partial charge in [-0.2, -0.15) is 0 Å². The normalized spacial score (nSPS) is 41.1. The number of ether oxygens (including phenoxy) is 5. The molecule has 0 radical (unpaired) electrons. The third kappa shape index (κ3) is 9.78. The van der Waals surface area contributed by atoms with Crippen LogP contribution in [0.15, 0.2) is 35.1 Å². The van der Waals surface area contributed by atoms with Gasteiger partial charge < -0.3 is 38.8 Å². The number of carbonyl (C=O) groups excluding carboxylic acids is 3. The molecule has 1 amide bonds. The lowest BCUT2D eigenvalue weighted by Gasteiger charge is -2.47. The molecule has 4 heterocycles. The smallest absolute Gasteiger partial charge is 0.329 e. The van der Waals surface area contributed by atoms with Crippen molar-refractivity contribution in [2.45, 2.75) is 160 Å². The molecular formula is C43H68N2O11. The van der Waals surface area contributed by atoms with Crippen molar-refractivity contribution in [2.24, 2.45) is 29.6 Å². The number of ketones is 1. The van der Waals surface area contributed by atoms with E-state index in [1.807, 2.05) is 13.8 Å². The predicted molar refractivity (Wildman–Crippen MR) is 209 cm³/mol. The average Bonchev–Trinajstić information content (AvgIpc) is 3.68. The van der Waals surface area contributed by atoms with Crippen molar-refractivity contribution in [1.82, 2.24) is 10.4 Å². The van der Waals surface area contributed by atoms with Crippen molar-refractivity contribution in [3.63, 3.8) is 0 Å². The Kier molecular flexibility index (Phi) is 15.4. The van der Waals surface area contributed by atoms with E-state index < -0.39 is 72.0 Å². The molecule has 5 aliphatic rings. The number of Topliss-reactive ketones (excluding diaryl/α,β-unsaturated/α-hetero) is 1. The summed E-state index contributed by atoms with van der Waals surface area (Å²) in [5.74, 6) is -5.98. The van der Waals surface area contributed by atoms with Gasteiger partial charge in [0.2, 0.25) is 5.79 Å². The summed E-state index contributed by atoms with van der Waals surface area (Å²) in [6.07, 6.45) is 8.57. The van der Waals surface area contributed by atoms with Crippen LogP contribution in [0.1, 0.15) is 106 Å². The second-order valence-corrected chi connectivity index (χ2v) is 17.2. The maximum Gasteiger partial charge on any atom is 0.329 e. The molecule has 1 saturated carbocycles. The van der Waals surface area contributed by atoms with Crippen molar-refractivity contribution in [2.75, 3.05) is 27.9 Å². The molecule has 13 heteroatoms. The summed E-state index contributed by atoms with van der Waals surface area (Å²) in [6, 6.07) is -1.04. The number of esters is 1. The van der Waals surface area contributed by atoms with Crippen molar-refractivity contribution in [1.29, 1.82) is 0 Å². The van der Waals surface area contributed by atoms with Crippen LogP contribution in [0.25, 0.3) is 0 Å². The Morgan fingerprint density at radius 2 is 1.68 bits per heavy atom. The molecule has 13 nitrogen and oxygen atoms in total. The summed E-state index contributed by atoms with van der Waals surface area (Å²) >= 11 is 0. The monoisotopic (exact) mass is 788 g/mol. The average molecular weight is 789 g/mol. The summed E-state index contributed by atoms with van der Waals surface area (Å²) in [5.41, 5.74) is 6.16. The Bertz CT molecular complexity index is 1480. The van der Waals surface area contributed by atoms with Gasteiger partial charge in [0.1, 0.15) is 24.4 Å². The van der Waals surface area contributed by atoms with Gasteiger partial charge in [-0.15, -0.1) is 0 Å². The summed E-state index contributed by atoms with van der Waals surface area (Å²) in [7, 11) is 4.75. The fourth-order valence-corrected chi connectivity index (χ4v) is 9.65. The Morgan fingerprint density at radius 3 is 2.36 bits per heavy atom. The van der Waals surface area contributed by atoms with Crippen LogP contribution in [-0.2, 0) is 42.9 Å². The summed E-state index contributed by atoms with van der Waals surface area (Å²) in [6.45, 7) is 12.1. The first-order valence-corrected chi connectivity index (χ1v) is 20.9. The number of aliphatic hydroxyl groups is 2. The number of rotatable bonds is 6. The highest BCUT2D eigenvalue weighted by molar-refractivity contribution is 6.39. The van der Waals surface area contributed by atoms with E-state index in [-0.39, 0.29) is 42.7 Å². The number of hydrogen-bond donors (Lipinski definition) is 3. The number of cyclic esters (lactones) is 1. The molecule has 14 atom stereocenters. The van der Waals surface area contributed by atoms with Gasteiger partial charge in [-0.3, -0.25) is 19.9 Å². The van der Waals surface area contributed by atoms with Gasteiger partial charge in [-0.1, -0.05) is 45.4 Å². The van der Waals surface area contributed by atoms with Gasteiger partial charge >= 0.3 is 5.97 Å². The lowest BCUT2D eigenvalue weighted by atomic mass is 9.82. The number of hydrogen-bond acceptors (Lipinski definition) is 12. The van der Waals surface area contributed by atoms with E-state index in [2.05, 4.69) is 44.5 Å². The fourth-order valence-electron chi connectivity index (χ4n) is 9.65. The standard InChI is InChI=1S/C43H68N2O11/c1-10-30-18-24(2)17-25(3)19-36(52-8)39-37(53-9)21-27(5)43(50,55-39)40(47)41(48)45-16-12-11-13-32(45)42(49)54-38(28(6)34-23-31(30)44-56-34)26(4)20-29-14-15-33(46)35(22-29)51-7/h18,20,23,25,27-30,32-39,44,46,50H,10-17,19,21-22H2,1-9H3/t25?,27?,28?,29?,30?,32?,33?,34-,35?,36?,37?,38?,39?,43?/m1/s1.